The van der Waals surface area contributed by atoms with E-state index in [9.17, 15) is 18.0 Å². The zero-order valence-electron chi connectivity index (χ0n) is 23.4. The summed E-state index contributed by atoms with van der Waals surface area (Å²) in [5, 5.41) is 9.75. The number of benzene rings is 2. The van der Waals surface area contributed by atoms with E-state index in [4.69, 9.17) is 11.6 Å². The summed E-state index contributed by atoms with van der Waals surface area (Å²) >= 11 is 5.92. The maximum absolute atomic E-state index is 13.3. The first-order valence-corrected chi connectivity index (χ1v) is 16.5. The van der Waals surface area contributed by atoms with Crippen LogP contribution in [0.5, 0.6) is 0 Å². The molecule has 222 valence electrons. The second kappa shape index (κ2) is 13.6. The first-order chi connectivity index (χ1) is 19.8. The van der Waals surface area contributed by atoms with Crippen LogP contribution in [0.4, 0.5) is 0 Å². The lowest BCUT2D eigenvalue weighted by molar-refractivity contribution is -0.131. The highest BCUT2D eigenvalue weighted by Gasteiger charge is 2.40. The van der Waals surface area contributed by atoms with Gasteiger partial charge < -0.3 is 20.9 Å². The van der Waals surface area contributed by atoms with Crippen molar-refractivity contribution in [3.8, 4) is 0 Å². The van der Waals surface area contributed by atoms with Crippen molar-refractivity contribution in [3.63, 3.8) is 0 Å². The van der Waals surface area contributed by atoms with Gasteiger partial charge in [-0.15, -0.1) is 0 Å². The predicted molar refractivity (Wildman–Crippen MR) is 159 cm³/mol. The van der Waals surface area contributed by atoms with Crippen molar-refractivity contribution in [3.05, 3.63) is 64.2 Å². The fourth-order valence-corrected chi connectivity index (χ4v) is 7.78. The lowest BCUT2D eigenvalue weighted by Crippen LogP contribution is -2.58. The third kappa shape index (κ3) is 7.67. The molecule has 0 saturated carbocycles. The number of aryl methyl sites for hydroxylation is 1. The van der Waals surface area contributed by atoms with E-state index in [1.54, 1.807) is 0 Å². The first kappa shape index (κ1) is 30.0. The summed E-state index contributed by atoms with van der Waals surface area (Å²) in [6.07, 6.45) is 5.81. The summed E-state index contributed by atoms with van der Waals surface area (Å²) < 4.78 is 27.8. The summed E-state index contributed by atoms with van der Waals surface area (Å²) in [5.41, 5.74) is 3.89. The van der Waals surface area contributed by atoms with E-state index in [1.807, 2.05) is 0 Å². The van der Waals surface area contributed by atoms with Crippen LogP contribution >= 0.6 is 11.6 Å². The highest BCUT2D eigenvalue weighted by atomic mass is 35.5. The number of halogens is 1. The topological polar surface area (TPSA) is 111 Å². The van der Waals surface area contributed by atoms with Gasteiger partial charge in [0.1, 0.15) is 6.04 Å². The molecule has 41 heavy (non-hydrogen) atoms. The second-order valence-corrected chi connectivity index (χ2v) is 13.6. The summed E-state index contributed by atoms with van der Waals surface area (Å²) in [7, 11) is -3.97. The number of nitrogens with one attached hydrogen (secondary N) is 3. The number of fused-ring (bicyclic) bond motifs is 1. The molecule has 2 aliphatic heterocycles. The number of rotatable bonds is 11. The van der Waals surface area contributed by atoms with E-state index in [0.29, 0.717) is 5.02 Å². The Bertz CT molecular complexity index is 1330. The number of sulfonamides is 1. The van der Waals surface area contributed by atoms with Crippen molar-refractivity contribution in [2.75, 3.05) is 45.8 Å². The average Bonchev–Trinajstić information content (AvgIpc) is 3.48. The molecule has 11 heteroatoms. The number of hydrogen-bond donors (Lipinski definition) is 3. The molecule has 0 bridgehead atoms. The van der Waals surface area contributed by atoms with E-state index in [0.717, 1.165) is 49.6 Å². The first-order valence-electron chi connectivity index (χ1n) is 14.7. The molecule has 0 spiro atoms. The summed E-state index contributed by atoms with van der Waals surface area (Å²) in [6, 6.07) is 11.3. The zero-order chi connectivity index (χ0) is 28.8. The molecule has 1 unspecified atom stereocenters. The average molecular weight is 602 g/mol. The van der Waals surface area contributed by atoms with Gasteiger partial charge >= 0.3 is 0 Å². The Kier molecular flexibility index (Phi) is 9.98. The molecule has 3 N–H and O–H groups in total. The Morgan fingerprint density at radius 2 is 1.80 bits per heavy atom. The van der Waals surface area contributed by atoms with E-state index >= 15 is 0 Å². The lowest BCUT2D eigenvalue weighted by Gasteiger charge is -2.34. The largest absolute Gasteiger partial charge is 0.353 e. The van der Waals surface area contributed by atoms with Crippen molar-refractivity contribution < 1.29 is 18.0 Å². The number of carbonyl (C=O) groups is 2. The third-order valence-electron chi connectivity index (χ3n) is 8.34. The molecule has 2 aromatic rings. The highest BCUT2D eigenvalue weighted by molar-refractivity contribution is 7.89. The molecule has 1 aliphatic carbocycles. The number of piperazine rings is 1. The molecule has 3 aliphatic rings. The van der Waals surface area contributed by atoms with Crippen LogP contribution in [0.3, 0.4) is 0 Å². The van der Waals surface area contributed by atoms with Crippen LogP contribution in [0.15, 0.2) is 47.4 Å². The van der Waals surface area contributed by atoms with E-state index in [2.05, 4.69) is 39.0 Å². The molecule has 9 nitrogen and oxygen atoms in total. The Morgan fingerprint density at radius 1 is 1.02 bits per heavy atom. The van der Waals surface area contributed by atoms with E-state index in [-0.39, 0.29) is 36.4 Å². The maximum atomic E-state index is 13.3. The number of carbonyl (C=O) groups excluding carboxylic acids is 2. The number of likely N-dealkylation sites (tertiary alicyclic amines) is 1. The van der Waals surface area contributed by atoms with Gasteiger partial charge in [0.25, 0.3) is 0 Å². The van der Waals surface area contributed by atoms with Gasteiger partial charge in [-0.1, -0.05) is 29.8 Å². The van der Waals surface area contributed by atoms with Gasteiger partial charge in [-0.2, -0.15) is 4.31 Å². The number of hydrogen-bond acceptors (Lipinski definition) is 6. The Morgan fingerprint density at radius 3 is 2.59 bits per heavy atom. The van der Waals surface area contributed by atoms with Crippen molar-refractivity contribution in [2.45, 2.75) is 61.9 Å². The van der Waals surface area contributed by atoms with Gasteiger partial charge in [-0.05, 0) is 99.1 Å². The predicted octanol–water partition coefficient (Wildman–Crippen LogP) is 2.12. The van der Waals surface area contributed by atoms with Gasteiger partial charge in [0.2, 0.25) is 21.8 Å². The molecular formula is C30H40ClN5O4S. The van der Waals surface area contributed by atoms with Gasteiger partial charge in [-0.25, -0.2) is 8.42 Å². The van der Waals surface area contributed by atoms with Crippen molar-refractivity contribution in [2.24, 2.45) is 0 Å². The fraction of sp³-hybridized carbons (Fsp3) is 0.533. The molecule has 0 aromatic heterocycles. The second-order valence-electron chi connectivity index (χ2n) is 11.2. The molecule has 2 heterocycles. The SMILES string of the molecule is O=C(CC1C(=O)NCCN1S(=O)(=O)c1ccc(Cl)cc1)N[C@@H]1CCc2cc(CCNCCN3CCCC3)ccc2C1. The van der Waals surface area contributed by atoms with Crippen LogP contribution in [0.1, 0.15) is 42.4 Å². The summed E-state index contributed by atoms with van der Waals surface area (Å²) in [5.74, 6) is -0.788. The van der Waals surface area contributed by atoms with Crippen LogP contribution in [-0.2, 0) is 38.9 Å². The minimum atomic E-state index is -3.97. The Labute approximate surface area is 248 Å². The quantitative estimate of drug-likeness (QED) is 0.340. The zero-order valence-corrected chi connectivity index (χ0v) is 25.0. The minimum Gasteiger partial charge on any atom is -0.353 e. The van der Waals surface area contributed by atoms with Crippen LogP contribution < -0.4 is 16.0 Å². The normalized spacial score (nSPS) is 21.8. The van der Waals surface area contributed by atoms with Crippen LogP contribution in [0.25, 0.3) is 0 Å². The van der Waals surface area contributed by atoms with Crippen molar-refractivity contribution >= 4 is 33.4 Å². The molecule has 2 fully saturated rings. The van der Waals surface area contributed by atoms with Crippen LogP contribution in [-0.4, -0.2) is 87.3 Å². The molecule has 5 rings (SSSR count). The minimum absolute atomic E-state index is 0.0446. The van der Waals surface area contributed by atoms with Crippen molar-refractivity contribution in [1.29, 1.82) is 0 Å². The van der Waals surface area contributed by atoms with E-state index in [1.165, 1.54) is 66.9 Å². The van der Waals surface area contributed by atoms with Crippen LogP contribution in [0, 0.1) is 0 Å². The Hall–Kier alpha value is -2.50. The Balaban J connectivity index is 1.12. The standard InChI is InChI=1S/C30H40ClN5O4S/c31-25-6-9-27(10-7-25)41(39,40)36-18-14-33-30(38)28(36)21-29(37)34-26-8-5-23-19-22(3-4-24(23)20-26)11-12-32-13-17-35-15-1-2-16-35/h3-4,6-7,9-10,19,26,28,32H,1-2,5,8,11-18,20-21H2,(H,33,38)(H,34,37)/t26-,28?/m1/s1. The molecule has 2 saturated heterocycles. The fourth-order valence-electron chi connectivity index (χ4n) is 6.07. The van der Waals surface area contributed by atoms with Gasteiger partial charge in [-0.3, -0.25) is 9.59 Å². The van der Waals surface area contributed by atoms with Crippen LogP contribution in [0.2, 0.25) is 5.02 Å². The van der Waals surface area contributed by atoms with E-state index < -0.39 is 22.0 Å². The molecule has 0 radical (unpaired) electrons. The smallest absolute Gasteiger partial charge is 0.243 e. The van der Waals surface area contributed by atoms with Gasteiger partial charge in [0, 0.05) is 37.2 Å². The number of amides is 2. The summed E-state index contributed by atoms with van der Waals surface area (Å²) in [6.45, 7) is 5.87. The molecule has 2 atom stereocenters. The molecular weight excluding hydrogens is 562 g/mol. The van der Waals surface area contributed by atoms with Gasteiger partial charge in [0.15, 0.2) is 0 Å². The lowest BCUT2D eigenvalue weighted by atomic mass is 9.86. The maximum Gasteiger partial charge on any atom is 0.243 e. The molecule has 2 aromatic carbocycles. The molecule has 2 amide bonds. The third-order valence-corrected chi connectivity index (χ3v) is 10.5. The van der Waals surface area contributed by atoms with Crippen molar-refractivity contribution in [1.82, 2.24) is 25.2 Å². The summed E-state index contributed by atoms with van der Waals surface area (Å²) in [4.78, 5) is 28.3. The van der Waals surface area contributed by atoms with Gasteiger partial charge in [0.05, 0.1) is 11.3 Å². The monoisotopic (exact) mass is 601 g/mol. The number of nitrogens with zero attached hydrogens (tertiary/aromatic N) is 2. The highest BCUT2D eigenvalue weighted by Crippen LogP contribution is 2.25.